The predicted octanol–water partition coefficient (Wildman–Crippen LogP) is 3.97. The second-order valence-electron chi connectivity index (χ2n) is 6.91. The smallest absolute Gasteiger partial charge is 0.274 e. The van der Waals surface area contributed by atoms with Crippen LogP contribution in [0.15, 0.2) is 36.5 Å². The van der Waals surface area contributed by atoms with Gasteiger partial charge in [0, 0.05) is 30.5 Å². The normalized spacial score (nSPS) is 14.6. The van der Waals surface area contributed by atoms with Crippen molar-refractivity contribution in [1.29, 1.82) is 0 Å². The molecular formula is C21H25N3O2. The third kappa shape index (κ3) is 4.28. The molecular weight excluding hydrogens is 326 g/mol. The van der Waals surface area contributed by atoms with E-state index in [9.17, 15) is 9.59 Å². The number of aryl methyl sites for hydroxylation is 2. The number of benzene rings is 1. The van der Waals surface area contributed by atoms with E-state index in [1.54, 1.807) is 12.1 Å². The molecule has 26 heavy (non-hydrogen) atoms. The summed E-state index contributed by atoms with van der Waals surface area (Å²) in [4.78, 5) is 31.4. The third-order valence-corrected chi connectivity index (χ3v) is 4.77. The molecule has 1 saturated heterocycles. The maximum Gasteiger partial charge on any atom is 0.274 e. The zero-order valence-corrected chi connectivity index (χ0v) is 15.4. The largest absolute Gasteiger partial charge is 0.339 e. The number of hydrogen-bond donors (Lipinski definition) is 1. The van der Waals surface area contributed by atoms with Crippen molar-refractivity contribution in [3.8, 4) is 0 Å². The fourth-order valence-corrected chi connectivity index (χ4v) is 3.20. The van der Waals surface area contributed by atoms with Gasteiger partial charge in [-0.2, -0.15) is 0 Å². The monoisotopic (exact) mass is 351 g/mol. The van der Waals surface area contributed by atoms with E-state index in [0.717, 1.165) is 42.7 Å². The van der Waals surface area contributed by atoms with E-state index in [1.807, 2.05) is 36.9 Å². The van der Waals surface area contributed by atoms with Crippen molar-refractivity contribution < 1.29 is 9.59 Å². The molecule has 1 aliphatic heterocycles. The molecule has 0 atom stereocenters. The van der Waals surface area contributed by atoms with E-state index < -0.39 is 0 Å². The molecule has 2 aromatic rings. The number of aromatic nitrogens is 1. The molecule has 1 aliphatic rings. The summed E-state index contributed by atoms with van der Waals surface area (Å²) in [5.41, 5.74) is 3.60. The van der Waals surface area contributed by atoms with Gasteiger partial charge in [-0.1, -0.05) is 25.0 Å². The standard InChI is InChI=1S/C21H25N3O2/c1-15-7-8-16(2)18(13-15)23-20(25)19-14-17(9-10-22-19)21(26)24-11-5-3-4-6-12-24/h7-10,13-14H,3-6,11-12H2,1-2H3,(H,23,25). The Balaban J connectivity index is 1.76. The minimum atomic E-state index is -0.302. The maximum atomic E-state index is 12.8. The number of hydrogen-bond acceptors (Lipinski definition) is 3. The van der Waals surface area contributed by atoms with Crippen molar-refractivity contribution in [3.05, 3.63) is 58.9 Å². The van der Waals surface area contributed by atoms with Gasteiger partial charge in [-0.3, -0.25) is 14.6 Å². The minimum Gasteiger partial charge on any atom is -0.339 e. The van der Waals surface area contributed by atoms with Gasteiger partial charge in [-0.25, -0.2) is 0 Å². The van der Waals surface area contributed by atoms with Gasteiger partial charge in [0.25, 0.3) is 11.8 Å². The highest BCUT2D eigenvalue weighted by Crippen LogP contribution is 2.18. The number of pyridine rings is 1. The average molecular weight is 351 g/mol. The van der Waals surface area contributed by atoms with E-state index in [2.05, 4.69) is 10.3 Å². The van der Waals surface area contributed by atoms with Gasteiger partial charge < -0.3 is 10.2 Å². The van der Waals surface area contributed by atoms with Gasteiger partial charge in [-0.05, 0) is 56.0 Å². The van der Waals surface area contributed by atoms with Crippen LogP contribution in [0.3, 0.4) is 0 Å². The van der Waals surface area contributed by atoms with Crippen LogP contribution in [0.2, 0.25) is 0 Å². The summed E-state index contributed by atoms with van der Waals surface area (Å²) in [6.07, 6.45) is 5.95. The van der Waals surface area contributed by atoms with Crippen molar-refractivity contribution >= 4 is 17.5 Å². The maximum absolute atomic E-state index is 12.8. The Bertz CT molecular complexity index is 809. The topological polar surface area (TPSA) is 62.3 Å². The molecule has 0 bridgehead atoms. The lowest BCUT2D eigenvalue weighted by atomic mass is 10.1. The van der Waals surface area contributed by atoms with Crippen LogP contribution in [0.1, 0.15) is 57.7 Å². The van der Waals surface area contributed by atoms with Crippen LogP contribution in [0.5, 0.6) is 0 Å². The second-order valence-corrected chi connectivity index (χ2v) is 6.91. The van der Waals surface area contributed by atoms with Gasteiger partial charge in [0.05, 0.1) is 0 Å². The molecule has 0 unspecified atom stereocenters. The van der Waals surface area contributed by atoms with E-state index in [-0.39, 0.29) is 17.5 Å². The van der Waals surface area contributed by atoms with Crippen molar-refractivity contribution in [3.63, 3.8) is 0 Å². The Morgan fingerprint density at radius 2 is 1.73 bits per heavy atom. The molecule has 1 N–H and O–H groups in total. The summed E-state index contributed by atoms with van der Waals surface area (Å²) in [5.74, 6) is -0.320. The summed E-state index contributed by atoms with van der Waals surface area (Å²) in [5, 5.41) is 2.90. The number of likely N-dealkylation sites (tertiary alicyclic amines) is 1. The van der Waals surface area contributed by atoms with Crippen LogP contribution in [0, 0.1) is 13.8 Å². The average Bonchev–Trinajstić information content (AvgIpc) is 2.93. The fourth-order valence-electron chi connectivity index (χ4n) is 3.20. The van der Waals surface area contributed by atoms with Crippen molar-refractivity contribution in [2.75, 3.05) is 18.4 Å². The Kier molecular flexibility index (Phi) is 5.66. The molecule has 0 aliphatic carbocycles. The van der Waals surface area contributed by atoms with Gasteiger partial charge in [0.1, 0.15) is 5.69 Å². The Hall–Kier alpha value is -2.69. The molecule has 1 fully saturated rings. The van der Waals surface area contributed by atoms with Crippen molar-refractivity contribution in [1.82, 2.24) is 9.88 Å². The summed E-state index contributed by atoms with van der Waals surface area (Å²) < 4.78 is 0. The van der Waals surface area contributed by atoms with Crippen molar-refractivity contribution in [2.24, 2.45) is 0 Å². The zero-order chi connectivity index (χ0) is 18.5. The fraction of sp³-hybridized carbons (Fsp3) is 0.381. The van der Waals surface area contributed by atoms with Crippen molar-refractivity contribution in [2.45, 2.75) is 39.5 Å². The van der Waals surface area contributed by atoms with Gasteiger partial charge in [0.2, 0.25) is 0 Å². The molecule has 2 heterocycles. The summed E-state index contributed by atoms with van der Waals surface area (Å²) in [7, 11) is 0. The Labute approximate surface area is 154 Å². The van der Waals surface area contributed by atoms with Gasteiger partial charge >= 0.3 is 0 Å². The molecule has 0 radical (unpaired) electrons. The molecule has 136 valence electrons. The SMILES string of the molecule is Cc1ccc(C)c(NC(=O)c2cc(C(=O)N3CCCCCC3)ccn2)c1. The number of anilines is 1. The number of nitrogens with one attached hydrogen (secondary N) is 1. The van der Waals surface area contributed by atoms with E-state index in [1.165, 1.54) is 19.0 Å². The molecule has 5 heteroatoms. The molecule has 5 nitrogen and oxygen atoms in total. The quantitative estimate of drug-likeness (QED) is 0.910. The Morgan fingerprint density at radius 3 is 2.46 bits per heavy atom. The lowest BCUT2D eigenvalue weighted by Gasteiger charge is -2.20. The van der Waals surface area contributed by atoms with Crippen LogP contribution in [-0.4, -0.2) is 34.8 Å². The molecule has 2 amide bonds. The summed E-state index contributed by atoms with van der Waals surface area (Å²) in [6.45, 7) is 5.49. The number of rotatable bonds is 3. The first-order valence-electron chi connectivity index (χ1n) is 9.18. The molecule has 1 aromatic heterocycles. The number of carbonyl (C=O) groups excluding carboxylic acids is 2. The summed E-state index contributed by atoms with van der Waals surface area (Å²) in [6, 6.07) is 9.18. The summed E-state index contributed by atoms with van der Waals surface area (Å²) >= 11 is 0. The van der Waals surface area contributed by atoms with Crippen LogP contribution < -0.4 is 5.32 Å². The molecule has 0 spiro atoms. The molecule has 1 aromatic carbocycles. The van der Waals surface area contributed by atoms with Crippen LogP contribution in [-0.2, 0) is 0 Å². The number of nitrogens with zero attached hydrogens (tertiary/aromatic N) is 2. The zero-order valence-electron chi connectivity index (χ0n) is 15.4. The Morgan fingerprint density at radius 1 is 1.00 bits per heavy atom. The molecule has 0 saturated carbocycles. The lowest BCUT2D eigenvalue weighted by Crippen LogP contribution is -2.32. The minimum absolute atomic E-state index is 0.0184. The third-order valence-electron chi connectivity index (χ3n) is 4.77. The van der Waals surface area contributed by atoms with E-state index in [0.29, 0.717) is 5.56 Å². The first-order valence-corrected chi connectivity index (χ1v) is 9.18. The van der Waals surface area contributed by atoms with E-state index in [4.69, 9.17) is 0 Å². The highest BCUT2D eigenvalue weighted by Gasteiger charge is 2.19. The van der Waals surface area contributed by atoms with Gasteiger partial charge in [0.15, 0.2) is 0 Å². The number of carbonyl (C=O) groups is 2. The first kappa shape index (κ1) is 18.1. The molecule has 3 rings (SSSR count). The predicted molar refractivity (Wildman–Crippen MR) is 102 cm³/mol. The lowest BCUT2D eigenvalue weighted by molar-refractivity contribution is 0.0761. The van der Waals surface area contributed by atoms with Gasteiger partial charge in [-0.15, -0.1) is 0 Å². The van der Waals surface area contributed by atoms with Crippen LogP contribution in [0.25, 0.3) is 0 Å². The van der Waals surface area contributed by atoms with E-state index >= 15 is 0 Å². The number of amides is 2. The highest BCUT2D eigenvalue weighted by molar-refractivity contribution is 6.05. The second kappa shape index (κ2) is 8.13. The highest BCUT2D eigenvalue weighted by atomic mass is 16.2. The first-order chi connectivity index (χ1) is 12.5. The van der Waals surface area contributed by atoms with Crippen LogP contribution in [0.4, 0.5) is 5.69 Å². The van der Waals surface area contributed by atoms with Crippen LogP contribution >= 0.6 is 0 Å².